The van der Waals surface area contributed by atoms with Crippen LogP contribution in [0, 0.1) is 0 Å². The number of likely N-dealkylation sites (tertiary alicyclic amines) is 1. The second-order valence-electron chi connectivity index (χ2n) is 6.41. The van der Waals surface area contributed by atoms with Crippen LogP contribution in [0.2, 0.25) is 0 Å². The summed E-state index contributed by atoms with van der Waals surface area (Å²) in [4.78, 5) is 13.5. The van der Waals surface area contributed by atoms with Gasteiger partial charge < -0.3 is 14.8 Å². The fourth-order valence-electron chi connectivity index (χ4n) is 3.36. The lowest BCUT2D eigenvalue weighted by Crippen LogP contribution is -2.30. The number of furan rings is 1. The molecular weight excluding hydrogens is 304 g/mol. The van der Waals surface area contributed by atoms with Crippen LogP contribution in [-0.2, 0) is 11.3 Å². The summed E-state index contributed by atoms with van der Waals surface area (Å²) in [7, 11) is 0. The van der Waals surface area contributed by atoms with Gasteiger partial charge in [0.05, 0.1) is 6.26 Å². The minimum absolute atomic E-state index is 0.0609. The first-order valence-corrected chi connectivity index (χ1v) is 8.44. The van der Waals surface area contributed by atoms with Gasteiger partial charge >= 0.3 is 0 Å². The lowest BCUT2D eigenvalue weighted by atomic mass is 10.0. The third-order valence-corrected chi connectivity index (χ3v) is 4.53. The average Bonchev–Trinajstić information content (AvgIpc) is 3.21. The van der Waals surface area contributed by atoms with Crippen LogP contribution < -0.4 is 5.32 Å². The molecule has 5 nitrogen and oxygen atoms in total. The number of carbonyl (C=O) groups excluding carboxylic acids is 1. The minimum atomic E-state index is -0.548. The third kappa shape index (κ3) is 4.24. The number of anilines is 1. The SMILES string of the molecule is CC(=O)Nc1ccc(CN2CCCC2CC(O)c2ccco2)cc1. The van der Waals surface area contributed by atoms with Gasteiger partial charge in [-0.15, -0.1) is 0 Å². The smallest absolute Gasteiger partial charge is 0.221 e. The molecular formula is C19H24N2O3. The molecule has 0 saturated carbocycles. The first-order valence-electron chi connectivity index (χ1n) is 8.44. The summed E-state index contributed by atoms with van der Waals surface area (Å²) in [5.74, 6) is 0.579. The molecule has 0 bridgehead atoms. The molecule has 2 unspecified atom stereocenters. The van der Waals surface area contributed by atoms with E-state index in [0.717, 1.165) is 31.6 Å². The van der Waals surface area contributed by atoms with Gasteiger partial charge in [-0.2, -0.15) is 0 Å². The molecule has 1 aromatic carbocycles. The number of benzene rings is 1. The molecule has 2 atom stereocenters. The Morgan fingerprint density at radius 1 is 1.38 bits per heavy atom. The largest absolute Gasteiger partial charge is 0.467 e. The van der Waals surface area contributed by atoms with Crippen molar-refractivity contribution in [2.24, 2.45) is 0 Å². The van der Waals surface area contributed by atoms with Crippen molar-refractivity contribution >= 4 is 11.6 Å². The molecule has 1 aromatic heterocycles. The van der Waals surface area contributed by atoms with Crippen molar-refractivity contribution in [1.29, 1.82) is 0 Å². The number of carbonyl (C=O) groups is 1. The van der Waals surface area contributed by atoms with E-state index in [0.29, 0.717) is 18.2 Å². The Bertz CT molecular complexity index is 652. The van der Waals surface area contributed by atoms with E-state index < -0.39 is 6.10 Å². The van der Waals surface area contributed by atoms with Gasteiger partial charge in [0.25, 0.3) is 0 Å². The Balaban J connectivity index is 1.58. The standard InChI is InChI=1S/C19H24N2O3/c1-14(22)20-16-8-6-15(7-9-16)13-21-10-2-4-17(21)12-18(23)19-5-3-11-24-19/h3,5-9,11,17-18,23H,2,4,10,12-13H2,1H3,(H,20,22). The van der Waals surface area contributed by atoms with Gasteiger partial charge in [-0.1, -0.05) is 12.1 Å². The zero-order chi connectivity index (χ0) is 16.9. The van der Waals surface area contributed by atoms with E-state index >= 15 is 0 Å². The predicted octanol–water partition coefficient (Wildman–Crippen LogP) is 3.33. The van der Waals surface area contributed by atoms with Crippen LogP contribution in [0.5, 0.6) is 0 Å². The highest BCUT2D eigenvalue weighted by atomic mass is 16.4. The summed E-state index contributed by atoms with van der Waals surface area (Å²) in [6.07, 6.45) is 3.99. The molecule has 24 heavy (non-hydrogen) atoms. The first kappa shape index (κ1) is 16.7. The van der Waals surface area contributed by atoms with E-state index in [2.05, 4.69) is 10.2 Å². The molecule has 1 saturated heterocycles. The molecule has 5 heteroatoms. The Morgan fingerprint density at radius 2 is 2.17 bits per heavy atom. The van der Waals surface area contributed by atoms with Gasteiger partial charge in [0.1, 0.15) is 11.9 Å². The van der Waals surface area contributed by atoms with Crippen molar-refractivity contribution in [3.63, 3.8) is 0 Å². The van der Waals surface area contributed by atoms with E-state index in [1.54, 1.807) is 6.26 Å². The minimum Gasteiger partial charge on any atom is -0.467 e. The summed E-state index contributed by atoms with van der Waals surface area (Å²) >= 11 is 0. The Labute approximate surface area is 142 Å². The fraction of sp³-hybridized carbons (Fsp3) is 0.421. The maximum atomic E-state index is 11.1. The number of nitrogens with zero attached hydrogens (tertiary/aromatic N) is 1. The molecule has 2 N–H and O–H groups in total. The van der Waals surface area contributed by atoms with E-state index in [-0.39, 0.29) is 5.91 Å². The number of rotatable bonds is 6. The summed E-state index contributed by atoms with van der Waals surface area (Å²) in [6, 6.07) is 11.9. The monoisotopic (exact) mass is 328 g/mol. The summed E-state index contributed by atoms with van der Waals surface area (Å²) < 4.78 is 5.30. The topological polar surface area (TPSA) is 65.7 Å². The second kappa shape index (κ2) is 7.64. The summed E-state index contributed by atoms with van der Waals surface area (Å²) in [5.41, 5.74) is 2.03. The molecule has 1 aliphatic rings. The Kier molecular flexibility index (Phi) is 5.33. The molecule has 3 rings (SSSR count). The summed E-state index contributed by atoms with van der Waals surface area (Å²) in [5, 5.41) is 13.1. The zero-order valence-corrected chi connectivity index (χ0v) is 13.9. The van der Waals surface area contributed by atoms with E-state index in [1.165, 1.54) is 12.5 Å². The number of nitrogens with one attached hydrogen (secondary N) is 1. The van der Waals surface area contributed by atoms with Gasteiger partial charge in [-0.3, -0.25) is 9.69 Å². The quantitative estimate of drug-likeness (QED) is 0.854. The average molecular weight is 328 g/mol. The number of hydrogen-bond donors (Lipinski definition) is 2. The van der Waals surface area contributed by atoms with Crippen LogP contribution in [0.25, 0.3) is 0 Å². The second-order valence-corrected chi connectivity index (χ2v) is 6.41. The number of hydrogen-bond acceptors (Lipinski definition) is 4. The van der Waals surface area contributed by atoms with Crippen molar-refractivity contribution in [1.82, 2.24) is 4.90 Å². The Hall–Kier alpha value is -2.11. The van der Waals surface area contributed by atoms with Crippen LogP contribution in [0.3, 0.4) is 0 Å². The van der Waals surface area contributed by atoms with Crippen LogP contribution >= 0.6 is 0 Å². The van der Waals surface area contributed by atoms with Crippen molar-refractivity contribution in [3.8, 4) is 0 Å². The molecule has 0 radical (unpaired) electrons. The molecule has 2 aromatic rings. The molecule has 0 spiro atoms. The van der Waals surface area contributed by atoms with Crippen molar-refractivity contribution in [3.05, 3.63) is 54.0 Å². The van der Waals surface area contributed by atoms with Gasteiger partial charge in [-0.25, -0.2) is 0 Å². The molecule has 2 heterocycles. The molecule has 1 amide bonds. The molecule has 1 fully saturated rings. The lowest BCUT2D eigenvalue weighted by Gasteiger charge is -2.26. The van der Waals surface area contributed by atoms with Gasteiger partial charge in [0.2, 0.25) is 5.91 Å². The van der Waals surface area contributed by atoms with Crippen LogP contribution in [-0.4, -0.2) is 28.5 Å². The predicted molar refractivity (Wildman–Crippen MR) is 92.5 cm³/mol. The lowest BCUT2D eigenvalue weighted by molar-refractivity contribution is -0.114. The first-order chi connectivity index (χ1) is 11.6. The van der Waals surface area contributed by atoms with Crippen molar-refractivity contribution in [2.45, 2.75) is 44.9 Å². The molecule has 128 valence electrons. The van der Waals surface area contributed by atoms with Gasteiger partial charge in [-0.05, 0) is 55.6 Å². The van der Waals surface area contributed by atoms with E-state index in [1.807, 2.05) is 36.4 Å². The van der Waals surface area contributed by atoms with Gasteiger partial charge in [0.15, 0.2) is 0 Å². The highest BCUT2D eigenvalue weighted by Crippen LogP contribution is 2.29. The third-order valence-electron chi connectivity index (χ3n) is 4.53. The normalized spacial score (nSPS) is 19.3. The molecule has 0 aliphatic carbocycles. The number of aliphatic hydroxyl groups excluding tert-OH is 1. The van der Waals surface area contributed by atoms with Crippen LogP contribution in [0.4, 0.5) is 5.69 Å². The number of amides is 1. The van der Waals surface area contributed by atoms with Crippen LogP contribution in [0.15, 0.2) is 47.1 Å². The zero-order valence-electron chi connectivity index (χ0n) is 13.9. The fourth-order valence-corrected chi connectivity index (χ4v) is 3.36. The van der Waals surface area contributed by atoms with Crippen molar-refractivity contribution < 1.29 is 14.3 Å². The highest BCUT2D eigenvalue weighted by molar-refractivity contribution is 5.88. The van der Waals surface area contributed by atoms with E-state index in [9.17, 15) is 9.90 Å². The maximum absolute atomic E-state index is 11.1. The van der Waals surface area contributed by atoms with Crippen LogP contribution in [0.1, 0.15) is 43.6 Å². The molecule has 1 aliphatic heterocycles. The number of aliphatic hydroxyl groups is 1. The maximum Gasteiger partial charge on any atom is 0.221 e. The van der Waals surface area contributed by atoms with Gasteiger partial charge in [0, 0.05) is 25.2 Å². The van der Waals surface area contributed by atoms with Crippen molar-refractivity contribution in [2.75, 3.05) is 11.9 Å². The highest BCUT2D eigenvalue weighted by Gasteiger charge is 2.27. The van der Waals surface area contributed by atoms with E-state index in [4.69, 9.17) is 4.42 Å². The Morgan fingerprint density at radius 3 is 2.83 bits per heavy atom. The summed E-state index contributed by atoms with van der Waals surface area (Å²) in [6.45, 7) is 3.41.